The maximum atomic E-state index is 12.7. The Morgan fingerprint density at radius 3 is 2.34 bits per heavy atom. The molecule has 3 rings (SSSR count). The number of nitrogens with zero attached hydrogens (tertiary/aromatic N) is 4. The Kier molecular flexibility index (Phi) is 6.13. The molecule has 0 saturated carbocycles. The largest absolute Gasteiger partial charge is 0.451 e. The van der Waals surface area contributed by atoms with E-state index in [4.69, 9.17) is 4.74 Å². The first-order chi connectivity index (χ1) is 14.0. The molecule has 1 amide bonds. The molecule has 1 aromatic heterocycles. The van der Waals surface area contributed by atoms with Crippen molar-refractivity contribution in [3.63, 3.8) is 0 Å². The minimum absolute atomic E-state index is 0.110. The number of carbonyl (C=O) groups excluding carboxylic acids is 2. The summed E-state index contributed by atoms with van der Waals surface area (Å²) in [5.41, 5.74) is 3.45. The minimum Gasteiger partial charge on any atom is -0.451 e. The lowest BCUT2D eigenvalue weighted by molar-refractivity contribution is -0.141. The molecule has 1 heterocycles. The number of nitrogens with one attached hydrogen (secondary N) is 1. The number of benzene rings is 2. The Bertz CT molecular complexity index is 1040. The predicted molar refractivity (Wildman–Crippen MR) is 109 cm³/mol. The summed E-state index contributed by atoms with van der Waals surface area (Å²) >= 11 is 0. The van der Waals surface area contributed by atoms with Crippen molar-refractivity contribution in [3.8, 4) is 0 Å². The van der Waals surface area contributed by atoms with E-state index in [1.54, 1.807) is 13.0 Å². The molecule has 0 bridgehead atoms. The second-order valence-corrected chi connectivity index (χ2v) is 6.47. The molecule has 0 saturated heterocycles. The van der Waals surface area contributed by atoms with E-state index >= 15 is 0 Å². The third-order valence-electron chi connectivity index (χ3n) is 4.25. The van der Waals surface area contributed by atoms with Crippen LogP contribution in [0.25, 0.3) is 11.8 Å². The molecule has 3 aromatic rings. The topological polar surface area (TPSA) is 99.0 Å². The van der Waals surface area contributed by atoms with Crippen molar-refractivity contribution in [2.45, 2.75) is 20.8 Å². The van der Waals surface area contributed by atoms with Crippen molar-refractivity contribution in [2.24, 2.45) is 0 Å². The van der Waals surface area contributed by atoms with Crippen LogP contribution in [0.5, 0.6) is 0 Å². The minimum atomic E-state index is -0.707. The summed E-state index contributed by atoms with van der Waals surface area (Å²) in [6, 6.07) is 14.9. The molecule has 0 aliphatic rings. The van der Waals surface area contributed by atoms with Crippen LogP contribution in [0.1, 0.15) is 22.5 Å². The molecule has 8 heteroatoms. The van der Waals surface area contributed by atoms with Crippen molar-refractivity contribution >= 4 is 29.3 Å². The van der Waals surface area contributed by atoms with E-state index in [1.165, 1.54) is 4.68 Å². The Hall–Kier alpha value is -3.81. The van der Waals surface area contributed by atoms with Gasteiger partial charge in [0, 0.05) is 5.69 Å². The summed E-state index contributed by atoms with van der Waals surface area (Å²) in [5.74, 6) is -0.715. The maximum Gasteiger partial charge on any atom is 0.357 e. The first kappa shape index (κ1) is 19.9. The summed E-state index contributed by atoms with van der Waals surface area (Å²) < 4.78 is 6.51. The van der Waals surface area contributed by atoms with Gasteiger partial charge in [0.2, 0.25) is 0 Å². The average molecular weight is 391 g/mol. The lowest BCUT2D eigenvalue weighted by Gasteiger charge is -2.12. The van der Waals surface area contributed by atoms with Crippen molar-refractivity contribution in [2.75, 3.05) is 11.9 Å². The number of aromatic nitrogens is 4. The Labute approximate surface area is 168 Å². The number of ether oxygens (including phenoxy) is 1. The number of aryl methyl sites for hydroxylation is 3. The number of tetrazole rings is 1. The molecule has 0 aliphatic carbocycles. The predicted octanol–water partition coefficient (Wildman–Crippen LogP) is 2.78. The molecule has 29 heavy (non-hydrogen) atoms. The molecule has 0 fully saturated rings. The standard InChI is InChI=1S/C21H21N5O3/c1-14-8-7-9-15(2)20(14)22-19(27)13-29-21(28)18(26-16(3)23-24-25-26)12-17-10-5-4-6-11-17/h4-12H,13H2,1-3H3,(H,22,27)/b18-12-. The molecular formula is C21H21N5O3. The zero-order valence-electron chi connectivity index (χ0n) is 16.4. The Morgan fingerprint density at radius 1 is 1.03 bits per heavy atom. The molecule has 148 valence electrons. The van der Waals surface area contributed by atoms with Crippen LogP contribution in [0.3, 0.4) is 0 Å². The number of anilines is 1. The number of para-hydroxylation sites is 1. The van der Waals surface area contributed by atoms with E-state index in [0.29, 0.717) is 11.5 Å². The SMILES string of the molecule is Cc1cccc(C)c1NC(=O)COC(=O)/C(=C/c1ccccc1)n1nnnc1C. The Morgan fingerprint density at radius 2 is 1.72 bits per heavy atom. The molecule has 0 aliphatic heterocycles. The first-order valence-corrected chi connectivity index (χ1v) is 9.01. The van der Waals surface area contributed by atoms with Gasteiger partial charge in [-0.15, -0.1) is 5.10 Å². The van der Waals surface area contributed by atoms with Gasteiger partial charge in [-0.25, -0.2) is 4.79 Å². The summed E-state index contributed by atoms with van der Waals surface area (Å²) in [6.45, 7) is 5.03. The van der Waals surface area contributed by atoms with E-state index in [-0.39, 0.29) is 5.70 Å². The van der Waals surface area contributed by atoms with Gasteiger partial charge >= 0.3 is 5.97 Å². The third-order valence-corrected chi connectivity index (χ3v) is 4.25. The van der Waals surface area contributed by atoms with Crippen LogP contribution in [0.15, 0.2) is 48.5 Å². The normalized spacial score (nSPS) is 11.2. The van der Waals surface area contributed by atoms with Gasteiger partial charge in [-0.2, -0.15) is 4.68 Å². The van der Waals surface area contributed by atoms with Crippen molar-refractivity contribution < 1.29 is 14.3 Å². The van der Waals surface area contributed by atoms with Crippen LogP contribution < -0.4 is 5.32 Å². The highest BCUT2D eigenvalue weighted by Gasteiger charge is 2.19. The molecule has 0 spiro atoms. The fourth-order valence-corrected chi connectivity index (χ4v) is 2.76. The number of hydrogen-bond donors (Lipinski definition) is 1. The van der Waals surface area contributed by atoms with Gasteiger partial charge in [0.05, 0.1) is 0 Å². The lowest BCUT2D eigenvalue weighted by atomic mass is 10.1. The fourth-order valence-electron chi connectivity index (χ4n) is 2.76. The second kappa shape index (κ2) is 8.92. The van der Waals surface area contributed by atoms with E-state index in [1.807, 2.05) is 62.4 Å². The highest BCUT2D eigenvalue weighted by molar-refractivity contribution is 6.15. The van der Waals surface area contributed by atoms with Gasteiger partial charge < -0.3 is 10.1 Å². The summed E-state index contributed by atoms with van der Waals surface area (Å²) in [7, 11) is 0. The summed E-state index contributed by atoms with van der Waals surface area (Å²) in [6.07, 6.45) is 1.61. The lowest BCUT2D eigenvalue weighted by Crippen LogP contribution is -2.23. The van der Waals surface area contributed by atoms with Crippen molar-refractivity contribution in [1.29, 1.82) is 0 Å². The van der Waals surface area contributed by atoms with Crippen LogP contribution in [-0.4, -0.2) is 38.7 Å². The van der Waals surface area contributed by atoms with Crippen LogP contribution in [0.4, 0.5) is 5.69 Å². The Balaban J connectivity index is 1.75. The van der Waals surface area contributed by atoms with Gasteiger partial charge in [-0.05, 0) is 54.0 Å². The molecule has 0 radical (unpaired) electrons. The highest BCUT2D eigenvalue weighted by Crippen LogP contribution is 2.19. The maximum absolute atomic E-state index is 12.7. The quantitative estimate of drug-likeness (QED) is 0.512. The monoisotopic (exact) mass is 391 g/mol. The number of rotatable bonds is 6. The summed E-state index contributed by atoms with van der Waals surface area (Å²) in [5, 5.41) is 14.0. The van der Waals surface area contributed by atoms with Crippen LogP contribution >= 0.6 is 0 Å². The van der Waals surface area contributed by atoms with Crippen LogP contribution in [-0.2, 0) is 14.3 Å². The van der Waals surface area contributed by atoms with E-state index in [0.717, 1.165) is 16.7 Å². The molecule has 2 aromatic carbocycles. The molecule has 1 N–H and O–H groups in total. The van der Waals surface area contributed by atoms with Gasteiger partial charge in [0.15, 0.2) is 18.1 Å². The van der Waals surface area contributed by atoms with E-state index < -0.39 is 18.5 Å². The molecular weight excluding hydrogens is 370 g/mol. The molecule has 0 unspecified atom stereocenters. The van der Waals surface area contributed by atoms with Crippen LogP contribution in [0, 0.1) is 20.8 Å². The van der Waals surface area contributed by atoms with Gasteiger partial charge in [-0.3, -0.25) is 4.79 Å². The molecule has 8 nitrogen and oxygen atoms in total. The highest BCUT2D eigenvalue weighted by atomic mass is 16.5. The zero-order valence-corrected chi connectivity index (χ0v) is 16.4. The van der Waals surface area contributed by atoms with Gasteiger partial charge in [-0.1, -0.05) is 48.5 Å². The number of hydrogen-bond acceptors (Lipinski definition) is 6. The van der Waals surface area contributed by atoms with Crippen molar-refractivity contribution in [1.82, 2.24) is 20.2 Å². The smallest absolute Gasteiger partial charge is 0.357 e. The first-order valence-electron chi connectivity index (χ1n) is 9.01. The van der Waals surface area contributed by atoms with Crippen LogP contribution in [0.2, 0.25) is 0 Å². The number of esters is 1. The number of amides is 1. The van der Waals surface area contributed by atoms with Crippen molar-refractivity contribution in [3.05, 3.63) is 71.0 Å². The number of carbonyl (C=O) groups is 2. The van der Waals surface area contributed by atoms with E-state index in [2.05, 4.69) is 20.8 Å². The average Bonchev–Trinajstić information content (AvgIpc) is 3.13. The second-order valence-electron chi connectivity index (χ2n) is 6.47. The van der Waals surface area contributed by atoms with Gasteiger partial charge in [0.25, 0.3) is 5.91 Å². The molecule has 0 atom stereocenters. The third kappa shape index (κ3) is 4.92. The summed E-state index contributed by atoms with van der Waals surface area (Å²) in [4.78, 5) is 25.0. The fraction of sp³-hybridized carbons (Fsp3) is 0.190. The zero-order chi connectivity index (χ0) is 20.8. The van der Waals surface area contributed by atoms with Gasteiger partial charge in [0.1, 0.15) is 0 Å². The van der Waals surface area contributed by atoms with E-state index in [9.17, 15) is 9.59 Å².